The van der Waals surface area contributed by atoms with Gasteiger partial charge in [0.05, 0.1) is 17.2 Å². The fraction of sp³-hybridized carbons (Fsp3) is 0.235. The molecule has 1 atom stereocenters. The molecular formula is C17H17N3O3S. The molecule has 2 heterocycles. The first-order chi connectivity index (χ1) is 11.5. The van der Waals surface area contributed by atoms with E-state index in [1.807, 2.05) is 19.1 Å². The number of hydrogen-bond acceptors (Lipinski definition) is 4. The molecule has 0 bridgehead atoms. The highest BCUT2D eigenvalue weighted by Gasteiger charge is 2.12. The van der Waals surface area contributed by atoms with Crippen molar-refractivity contribution in [2.24, 2.45) is 0 Å². The summed E-state index contributed by atoms with van der Waals surface area (Å²) in [4.78, 5) is 29.6. The summed E-state index contributed by atoms with van der Waals surface area (Å²) in [5.74, 6) is 0.706. The van der Waals surface area contributed by atoms with Crippen LogP contribution in [0.3, 0.4) is 0 Å². The van der Waals surface area contributed by atoms with Gasteiger partial charge >= 0.3 is 0 Å². The van der Waals surface area contributed by atoms with E-state index < -0.39 is 0 Å². The van der Waals surface area contributed by atoms with E-state index in [1.165, 1.54) is 0 Å². The molecule has 0 aliphatic heterocycles. The summed E-state index contributed by atoms with van der Waals surface area (Å²) in [6, 6.07) is 8.63. The average Bonchev–Trinajstić information content (AvgIpc) is 3.05. The normalized spacial score (nSPS) is 12.2. The van der Waals surface area contributed by atoms with Crippen molar-refractivity contribution in [1.29, 1.82) is 0 Å². The third-order valence-electron chi connectivity index (χ3n) is 3.78. The number of amides is 1. The van der Waals surface area contributed by atoms with Crippen LogP contribution in [0, 0.1) is 4.77 Å². The Labute approximate surface area is 142 Å². The number of nitrogens with one attached hydrogen (secondary N) is 3. The minimum atomic E-state index is -0.271. The molecule has 3 N–H and O–H groups in total. The Bertz CT molecular complexity index is 973. The zero-order chi connectivity index (χ0) is 17.1. The number of rotatable bonds is 5. The van der Waals surface area contributed by atoms with E-state index in [1.54, 1.807) is 24.5 Å². The molecule has 7 heteroatoms. The molecule has 2 aromatic heterocycles. The van der Waals surface area contributed by atoms with Crippen LogP contribution in [0.2, 0.25) is 0 Å². The largest absolute Gasteiger partial charge is 0.469 e. The van der Waals surface area contributed by atoms with E-state index in [-0.39, 0.29) is 22.3 Å². The number of fused-ring (bicyclic) bond motifs is 1. The fourth-order valence-corrected chi connectivity index (χ4v) is 2.71. The van der Waals surface area contributed by atoms with E-state index in [0.29, 0.717) is 16.5 Å². The number of H-pyrrole nitrogens is 2. The van der Waals surface area contributed by atoms with Gasteiger partial charge in [-0.2, -0.15) is 0 Å². The molecule has 24 heavy (non-hydrogen) atoms. The lowest BCUT2D eigenvalue weighted by atomic mass is 10.1. The molecule has 1 aromatic carbocycles. The highest BCUT2D eigenvalue weighted by atomic mass is 32.1. The van der Waals surface area contributed by atoms with Crippen LogP contribution in [0.25, 0.3) is 10.9 Å². The second kappa shape index (κ2) is 6.84. The number of aryl methyl sites for hydroxylation is 1. The first-order valence-corrected chi connectivity index (χ1v) is 8.03. The first-order valence-electron chi connectivity index (χ1n) is 7.62. The van der Waals surface area contributed by atoms with Crippen LogP contribution >= 0.6 is 12.2 Å². The van der Waals surface area contributed by atoms with Crippen LogP contribution in [0.5, 0.6) is 0 Å². The second-order valence-electron chi connectivity index (χ2n) is 5.66. The summed E-state index contributed by atoms with van der Waals surface area (Å²) >= 11 is 4.96. The minimum absolute atomic E-state index is 0.00373. The molecule has 0 radical (unpaired) electrons. The van der Waals surface area contributed by atoms with E-state index in [2.05, 4.69) is 15.3 Å². The molecule has 124 valence electrons. The number of furan rings is 1. The molecule has 3 aromatic rings. The predicted octanol–water partition coefficient (Wildman–Crippen LogP) is 2.93. The van der Waals surface area contributed by atoms with Gasteiger partial charge in [-0.15, -0.1) is 0 Å². The van der Waals surface area contributed by atoms with Crippen LogP contribution in [0.4, 0.5) is 0 Å². The Morgan fingerprint density at radius 3 is 2.92 bits per heavy atom. The van der Waals surface area contributed by atoms with Crippen LogP contribution in [0.1, 0.15) is 29.5 Å². The Morgan fingerprint density at radius 2 is 2.17 bits per heavy atom. The highest BCUT2D eigenvalue weighted by Crippen LogP contribution is 2.11. The molecule has 0 aliphatic rings. The molecule has 0 fully saturated rings. The monoisotopic (exact) mass is 343 g/mol. The van der Waals surface area contributed by atoms with Crippen molar-refractivity contribution >= 4 is 29.0 Å². The molecule has 0 spiro atoms. The van der Waals surface area contributed by atoms with Crippen molar-refractivity contribution in [2.75, 3.05) is 0 Å². The third kappa shape index (κ3) is 3.62. The van der Waals surface area contributed by atoms with Crippen LogP contribution < -0.4 is 10.9 Å². The minimum Gasteiger partial charge on any atom is -0.469 e. The Balaban J connectivity index is 1.71. The van der Waals surface area contributed by atoms with Crippen molar-refractivity contribution in [3.05, 3.63) is 63.0 Å². The summed E-state index contributed by atoms with van der Waals surface area (Å²) in [6.07, 6.45) is 3.17. The summed E-state index contributed by atoms with van der Waals surface area (Å²) in [5.41, 5.74) is 0.746. The van der Waals surface area contributed by atoms with Gasteiger partial charge in [-0.3, -0.25) is 14.6 Å². The molecule has 0 saturated heterocycles. The van der Waals surface area contributed by atoms with Crippen molar-refractivity contribution in [3.8, 4) is 0 Å². The molecule has 0 saturated carbocycles. The Kier molecular flexibility index (Phi) is 4.61. The maximum Gasteiger partial charge on any atom is 0.259 e. The fourth-order valence-electron chi connectivity index (χ4n) is 2.50. The Hall–Kier alpha value is -2.67. The number of carbonyl (C=O) groups is 1. The van der Waals surface area contributed by atoms with Gasteiger partial charge < -0.3 is 14.7 Å². The Morgan fingerprint density at radius 1 is 1.33 bits per heavy atom. The van der Waals surface area contributed by atoms with Crippen molar-refractivity contribution in [1.82, 2.24) is 15.3 Å². The van der Waals surface area contributed by atoms with Gasteiger partial charge in [0.25, 0.3) is 11.5 Å². The van der Waals surface area contributed by atoms with E-state index in [9.17, 15) is 9.59 Å². The van der Waals surface area contributed by atoms with Crippen molar-refractivity contribution in [2.45, 2.75) is 25.8 Å². The number of aromatic amines is 2. The molecule has 6 nitrogen and oxygen atoms in total. The SMILES string of the molecule is C[C@H](CCc1ccco1)NC(=O)c1ccc2c(=O)[nH]c(=S)[nH]c2c1. The van der Waals surface area contributed by atoms with Crippen molar-refractivity contribution in [3.63, 3.8) is 0 Å². The number of benzene rings is 1. The molecule has 3 rings (SSSR count). The molecule has 0 aliphatic carbocycles. The van der Waals surface area contributed by atoms with Crippen LogP contribution in [-0.4, -0.2) is 21.9 Å². The molecular weight excluding hydrogens is 326 g/mol. The number of hydrogen-bond donors (Lipinski definition) is 3. The quantitative estimate of drug-likeness (QED) is 0.621. The van der Waals surface area contributed by atoms with Gasteiger partial charge in [0.1, 0.15) is 5.76 Å². The maximum atomic E-state index is 12.4. The number of carbonyl (C=O) groups excluding carboxylic acids is 1. The average molecular weight is 343 g/mol. The van der Waals surface area contributed by atoms with E-state index >= 15 is 0 Å². The maximum absolute atomic E-state index is 12.4. The highest BCUT2D eigenvalue weighted by molar-refractivity contribution is 7.71. The van der Waals surface area contributed by atoms with Gasteiger partial charge in [0, 0.05) is 18.0 Å². The summed E-state index contributed by atoms with van der Waals surface area (Å²) in [6.45, 7) is 1.94. The number of aromatic nitrogens is 2. The van der Waals surface area contributed by atoms with Gasteiger partial charge in [-0.25, -0.2) is 0 Å². The van der Waals surface area contributed by atoms with E-state index in [0.717, 1.165) is 18.6 Å². The summed E-state index contributed by atoms with van der Waals surface area (Å²) < 4.78 is 5.52. The smallest absolute Gasteiger partial charge is 0.259 e. The topological polar surface area (TPSA) is 90.9 Å². The summed E-state index contributed by atoms with van der Waals surface area (Å²) in [5, 5.41) is 3.41. The lowest BCUT2D eigenvalue weighted by Gasteiger charge is -2.13. The summed E-state index contributed by atoms with van der Waals surface area (Å²) in [7, 11) is 0. The van der Waals surface area contributed by atoms with Crippen molar-refractivity contribution < 1.29 is 9.21 Å². The van der Waals surface area contributed by atoms with Gasteiger partial charge in [-0.05, 0) is 55.9 Å². The lowest BCUT2D eigenvalue weighted by Crippen LogP contribution is -2.32. The predicted molar refractivity (Wildman–Crippen MR) is 93.7 cm³/mol. The molecule has 0 unspecified atom stereocenters. The first kappa shape index (κ1) is 16.2. The van der Waals surface area contributed by atoms with Crippen LogP contribution in [0.15, 0.2) is 45.8 Å². The zero-order valence-corrected chi connectivity index (χ0v) is 13.9. The standard InChI is InChI=1S/C17H17N3O3S/c1-10(4-6-12-3-2-8-23-12)18-15(21)11-5-7-13-14(9-11)19-17(24)20-16(13)22/h2-3,5,7-10H,4,6H2,1H3,(H,18,21)(H2,19,20,22,24)/t10-/m1/s1. The van der Waals surface area contributed by atoms with E-state index in [4.69, 9.17) is 16.6 Å². The van der Waals surface area contributed by atoms with Gasteiger partial charge in [-0.1, -0.05) is 0 Å². The van der Waals surface area contributed by atoms with Crippen LogP contribution in [-0.2, 0) is 6.42 Å². The molecule has 1 amide bonds. The van der Waals surface area contributed by atoms with Gasteiger partial charge in [0.2, 0.25) is 0 Å². The van der Waals surface area contributed by atoms with Gasteiger partial charge in [0.15, 0.2) is 4.77 Å². The lowest BCUT2D eigenvalue weighted by molar-refractivity contribution is 0.0938. The second-order valence-corrected chi connectivity index (χ2v) is 6.07. The zero-order valence-electron chi connectivity index (χ0n) is 13.1. The third-order valence-corrected chi connectivity index (χ3v) is 3.99.